The molecule has 0 bridgehead atoms. The number of ether oxygens (including phenoxy) is 1. The molecule has 0 aliphatic carbocycles. The Labute approximate surface area is 60.5 Å². The Morgan fingerprint density at radius 2 is 2.30 bits per heavy atom. The van der Waals surface area contributed by atoms with Gasteiger partial charge in [-0.2, -0.15) is 10.2 Å². The van der Waals surface area contributed by atoms with E-state index in [1.165, 1.54) is 0 Å². The third-order valence-electron chi connectivity index (χ3n) is 1.17. The summed E-state index contributed by atoms with van der Waals surface area (Å²) in [5, 5.41) is 7.66. The fourth-order valence-electron chi connectivity index (χ4n) is 0.728. The van der Waals surface area contributed by atoms with E-state index in [-0.39, 0.29) is 12.5 Å². The molecule has 0 spiro atoms. The van der Waals surface area contributed by atoms with Gasteiger partial charge in [0.05, 0.1) is 6.42 Å². The van der Waals surface area contributed by atoms with Crippen LogP contribution in [0.5, 0.6) is 0 Å². The fourth-order valence-corrected chi connectivity index (χ4v) is 0.728. The summed E-state index contributed by atoms with van der Waals surface area (Å²) in [5.74, 6) is 5.66. The van der Waals surface area contributed by atoms with E-state index in [9.17, 15) is 0 Å². The molecule has 1 rings (SSSR count). The fraction of sp³-hybridized carbons (Fsp3) is 0.714. The Balaban J connectivity index is 2.30. The predicted molar refractivity (Wildman–Crippen MR) is 37.3 cm³/mol. The lowest BCUT2D eigenvalue weighted by Gasteiger charge is -2.01. The zero-order chi connectivity index (χ0) is 7.40. The van der Waals surface area contributed by atoms with Gasteiger partial charge < -0.3 is 4.74 Å². The molecule has 1 aliphatic rings. The van der Waals surface area contributed by atoms with Gasteiger partial charge in [0, 0.05) is 0 Å². The zero-order valence-corrected chi connectivity index (χ0v) is 6.16. The first-order valence-corrected chi connectivity index (χ1v) is 3.28. The second-order valence-corrected chi connectivity index (χ2v) is 2.05. The molecule has 10 heavy (non-hydrogen) atoms. The molecule has 2 unspecified atom stereocenters. The molecule has 0 radical (unpaired) electrons. The maximum absolute atomic E-state index is 5.23. The molecule has 54 valence electrons. The van der Waals surface area contributed by atoms with Crippen LogP contribution in [-0.2, 0) is 4.74 Å². The summed E-state index contributed by atoms with van der Waals surface area (Å²) in [4.78, 5) is 0. The topological polar surface area (TPSA) is 34.0 Å². The van der Waals surface area contributed by atoms with Crippen molar-refractivity contribution in [3.63, 3.8) is 0 Å². The van der Waals surface area contributed by atoms with Gasteiger partial charge >= 0.3 is 0 Å². The normalized spacial score (nSPS) is 29.8. The van der Waals surface area contributed by atoms with Crippen molar-refractivity contribution < 1.29 is 4.74 Å². The van der Waals surface area contributed by atoms with Gasteiger partial charge in [-0.15, -0.1) is 5.92 Å². The lowest BCUT2D eigenvalue weighted by atomic mass is 10.4. The Kier molecular flexibility index (Phi) is 2.41. The van der Waals surface area contributed by atoms with Crippen molar-refractivity contribution in [2.24, 2.45) is 10.2 Å². The molecule has 0 aromatic rings. The van der Waals surface area contributed by atoms with Crippen LogP contribution in [0.25, 0.3) is 0 Å². The molecule has 1 heterocycles. The molecule has 0 fully saturated rings. The van der Waals surface area contributed by atoms with Crippen LogP contribution < -0.4 is 0 Å². The van der Waals surface area contributed by atoms with Gasteiger partial charge in [-0.25, -0.2) is 0 Å². The lowest BCUT2D eigenvalue weighted by Crippen LogP contribution is -2.07. The van der Waals surface area contributed by atoms with E-state index >= 15 is 0 Å². The predicted octanol–water partition coefficient (Wildman–Crippen LogP) is 1.55. The second kappa shape index (κ2) is 3.33. The molecule has 0 amide bonds. The van der Waals surface area contributed by atoms with E-state index < -0.39 is 0 Å². The number of azo groups is 1. The van der Waals surface area contributed by atoms with E-state index in [0.29, 0.717) is 6.42 Å². The number of hydrogen-bond acceptors (Lipinski definition) is 3. The molecule has 0 saturated heterocycles. The second-order valence-electron chi connectivity index (χ2n) is 2.05. The third-order valence-corrected chi connectivity index (χ3v) is 1.17. The van der Waals surface area contributed by atoms with Crippen LogP contribution in [0.1, 0.15) is 20.3 Å². The molecule has 1 aliphatic heterocycles. The molecule has 0 saturated carbocycles. The van der Waals surface area contributed by atoms with Crippen LogP contribution in [0.2, 0.25) is 0 Å². The molecule has 3 heteroatoms. The summed E-state index contributed by atoms with van der Waals surface area (Å²) in [7, 11) is 0. The maximum Gasteiger partial charge on any atom is 0.182 e. The summed E-state index contributed by atoms with van der Waals surface area (Å²) in [6, 6.07) is 0. The summed E-state index contributed by atoms with van der Waals surface area (Å²) in [6.45, 7) is 3.67. The number of nitrogens with zero attached hydrogens (tertiary/aromatic N) is 2. The van der Waals surface area contributed by atoms with Gasteiger partial charge in [0.1, 0.15) is 0 Å². The first-order valence-electron chi connectivity index (χ1n) is 3.28. The standard InChI is InChI=1S/C7H10N2O/c1-3-4-5-7-9-8-6(2)10-7/h6-7H,5H2,1-2H3. The summed E-state index contributed by atoms with van der Waals surface area (Å²) >= 11 is 0. The summed E-state index contributed by atoms with van der Waals surface area (Å²) in [6.07, 6.45) is 0.454. The SMILES string of the molecule is CC#CCC1N=NC(C)O1. The van der Waals surface area contributed by atoms with Crippen LogP contribution in [0.15, 0.2) is 10.2 Å². The minimum absolute atomic E-state index is 0.0799. The van der Waals surface area contributed by atoms with Gasteiger partial charge in [0.15, 0.2) is 12.5 Å². The highest BCUT2D eigenvalue weighted by molar-refractivity contribution is 4.96. The van der Waals surface area contributed by atoms with Gasteiger partial charge in [-0.3, -0.25) is 0 Å². The van der Waals surface area contributed by atoms with E-state index in [1.807, 2.05) is 6.92 Å². The number of rotatable bonds is 1. The molecule has 2 atom stereocenters. The molecular formula is C7H10N2O. The first kappa shape index (κ1) is 7.23. The zero-order valence-electron chi connectivity index (χ0n) is 6.16. The van der Waals surface area contributed by atoms with Crippen LogP contribution in [-0.4, -0.2) is 12.5 Å². The van der Waals surface area contributed by atoms with Crippen molar-refractivity contribution in [3.8, 4) is 11.8 Å². The Hall–Kier alpha value is -0.880. The van der Waals surface area contributed by atoms with Crippen LogP contribution >= 0.6 is 0 Å². The van der Waals surface area contributed by atoms with Crippen LogP contribution in [0, 0.1) is 11.8 Å². The van der Waals surface area contributed by atoms with Gasteiger partial charge in [0.25, 0.3) is 0 Å². The molecule has 0 aromatic heterocycles. The quantitative estimate of drug-likeness (QED) is 0.506. The van der Waals surface area contributed by atoms with Gasteiger partial charge in [-0.05, 0) is 13.8 Å². The Morgan fingerprint density at radius 3 is 2.80 bits per heavy atom. The summed E-state index contributed by atoms with van der Waals surface area (Å²) in [5.41, 5.74) is 0. The van der Waals surface area contributed by atoms with Crippen molar-refractivity contribution in [2.75, 3.05) is 0 Å². The number of hydrogen-bond donors (Lipinski definition) is 0. The van der Waals surface area contributed by atoms with E-state index in [4.69, 9.17) is 4.74 Å². The molecule has 0 aromatic carbocycles. The van der Waals surface area contributed by atoms with E-state index in [2.05, 4.69) is 22.1 Å². The van der Waals surface area contributed by atoms with Crippen molar-refractivity contribution in [2.45, 2.75) is 32.7 Å². The highest BCUT2D eigenvalue weighted by Gasteiger charge is 2.16. The van der Waals surface area contributed by atoms with Gasteiger partial charge in [-0.1, -0.05) is 5.92 Å². The average molecular weight is 138 g/mol. The Morgan fingerprint density at radius 1 is 1.50 bits per heavy atom. The van der Waals surface area contributed by atoms with Crippen molar-refractivity contribution in [3.05, 3.63) is 0 Å². The van der Waals surface area contributed by atoms with Crippen molar-refractivity contribution >= 4 is 0 Å². The molecular weight excluding hydrogens is 128 g/mol. The third kappa shape index (κ3) is 1.82. The lowest BCUT2D eigenvalue weighted by molar-refractivity contribution is 0.0483. The van der Waals surface area contributed by atoms with E-state index in [1.54, 1.807) is 6.92 Å². The Bertz CT molecular complexity index is 190. The molecule has 0 N–H and O–H groups in total. The minimum Gasteiger partial charge on any atom is -0.327 e. The van der Waals surface area contributed by atoms with Crippen LogP contribution in [0.4, 0.5) is 0 Å². The maximum atomic E-state index is 5.23. The largest absolute Gasteiger partial charge is 0.327 e. The summed E-state index contributed by atoms with van der Waals surface area (Å²) < 4.78 is 5.23. The molecule has 3 nitrogen and oxygen atoms in total. The first-order chi connectivity index (χ1) is 4.83. The average Bonchev–Trinajstić information content (AvgIpc) is 2.31. The highest BCUT2D eigenvalue weighted by Crippen LogP contribution is 2.13. The van der Waals surface area contributed by atoms with Gasteiger partial charge in [0.2, 0.25) is 0 Å². The smallest absolute Gasteiger partial charge is 0.182 e. The van der Waals surface area contributed by atoms with Crippen molar-refractivity contribution in [1.82, 2.24) is 0 Å². The van der Waals surface area contributed by atoms with Crippen LogP contribution in [0.3, 0.4) is 0 Å². The monoisotopic (exact) mass is 138 g/mol. The van der Waals surface area contributed by atoms with E-state index in [0.717, 1.165) is 0 Å². The highest BCUT2D eigenvalue weighted by atomic mass is 16.5. The minimum atomic E-state index is -0.123. The van der Waals surface area contributed by atoms with Crippen molar-refractivity contribution in [1.29, 1.82) is 0 Å².